The average Bonchev–Trinajstić information content (AvgIpc) is 2.82. The van der Waals surface area contributed by atoms with Crippen molar-refractivity contribution < 1.29 is 18.0 Å². The van der Waals surface area contributed by atoms with Crippen molar-refractivity contribution >= 4 is 23.3 Å². The zero-order valence-electron chi connectivity index (χ0n) is 9.59. The molecular weight excluding hydrogens is 285 g/mol. The Balaban J connectivity index is 2.19. The lowest BCUT2D eigenvalue weighted by molar-refractivity contribution is -0.213. The largest absolute Gasteiger partial charge is 0.404 e. The molecule has 0 aliphatic carbocycles. The van der Waals surface area contributed by atoms with Crippen molar-refractivity contribution in [3.8, 4) is 0 Å². The number of hydrogen-bond acceptors (Lipinski definition) is 4. The molecule has 19 heavy (non-hydrogen) atoms. The second-order valence-corrected chi connectivity index (χ2v) is 4.59. The second-order valence-electron chi connectivity index (χ2n) is 4.20. The summed E-state index contributed by atoms with van der Waals surface area (Å²) in [5.41, 5.74) is -2.42. The molecule has 104 valence electrons. The van der Waals surface area contributed by atoms with Crippen LogP contribution in [-0.4, -0.2) is 35.4 Å². The Morgan fingerprint density at radius 1 is 1.42 bits per heavy atom. The van der Waals surface area contributed by atoms with Crippen LogP contribution in [0.4, 0.5) is 19.0 Å². The molecule has 2 heterocycles. The first kappa shape index (κ1) is 14.0. The minimum atomic E-state index is -4.62. The van der Waals surface area contributed by atoms with Crippen molar-refractivity contribution in [3.63, 3.8) is 0 Å². The van der Waals surface area contributed by atoms with Crippen LogP contribution in [0.25, 0.3) is 0 Å². The van der Waals surface area contributed by atoms with Crippen LogP contribution in [0.2, 0.25) is 5.15 Å². The van der Waals surface area contributed by atoms with E-state index in [1.165, 1.54) is 12.1 Å². The Labute approximate surface area is 111 Å². The molecule has 0 spiro atoms. The summed E-state index contributed by atoms with van der Waals surface area (Å²) in [7, 11) is 0. The van der Waals surface area contributed by atoms with Gasteiger partial charge in [-0.25, -0.2) is 0 Å². The Bertz CT molecular complexity index is 471. The molecule has 1 saturated heterocycles. The summed E-state index contributed by atoms with van der Waals surface area (Å²) in [6, 6.07) is 2.62. The van der Waals surface area contributed by atoms with Gasteiger partial charge in [0.05, 0.1) is 0 Å². The number of alkyl halides is 3. The highest BCUT2D eigenvalue weighted by molar-refractivity contribution is 6.29. The monoisotopic (exact) mass is 294 g/mol. The quantitative estimate of drug-likeness (QED) is 0.870. The van der Waals surface area contributed by atoms with Gasteiger partial charge in [0.25, 0.3) is 0 Å². The number of aromatic nitrogens is 2. The lowest BCUT2D eigenvalue weighted by atomic mass is 9.85. The van der Waals surface area contributed by atoms with Crippen LogP contribution < -0.4 is 10.6 Å². The third-order valence-corrected chi connectivity index (χ3v) is 3.21. The highest BCUT2D eigenvalue weighted by Crippen LogP contribution is 2.43. The van der Waals surface area contributed by atoms with Crippen LogP contribution in [0.5, 0.6) is 0 Å². The summed E-state index contributed by atoms with van der Waals surface area (Å²) in [6.07, 6.45) is -4.93. The first-order valence-electron chi connectivity index (χ1n) is 5.43. The summed E-state index contributed by atoms with van der Waals surface area (Å²) in [5.74, 6) is -1.20. The van der Waals surface area contributed by atoms with E-state index in [0.717, 1.165) is 0 Å². The van der Waals surface area contributed by atoms with Crippen LogP contribution >= 0.6 is 11.6 Å². The van der Waals surface area contributed by atoms with Gasteiger partial charge in [0.15, 0.2) is 16.4 Å². The third kappa shape index (κ3) is 2.64. The second kappa shape index (κ2) is 4.93. The van der Waals surface area contributed by atoms with Gasteiger partial charge in [0.2, 0.25) is 5.91 Å². The van der Waals surface area contributed by atoms with Crippen molar-refractivity contribution in [2.45, 2.75) is 12.6 Å². The molecule has 0 radical (unpaired) electrons. The molecule has 9 heteroatoms. The fraction of sp³-hybridized carbons (Fsp3) is 0.500. The van der Waals surface area contributed by atoms with Crippen molar-refractivity contribution in [2.75, 3.05) is 18.4 Å². The van der Waals surface area contributed by atoms with E-state index < -0.39 is 24.0 Å². The summed E-state index contributed by atoms with van der Waals surface area (Å²) >= 11 is 5.50. The van der Waals surface area contributed by atoms with Crippen LogP contribution in [0, 0.1) is 5.41 Å². The number of hydrogen-bond donors (Lipinski definition) is 2. The van der Waals surface area contributed by atoms with Gasteiger partial charge in [0.1, 0.15) is 0 Å². The lowest BCUT2D eigenvalue weighted by Gasteiger charge is -2.28. The molecular formula is C10H10ClF3N4O. The number of amides is 1. The maximum Gasteiger partial charge on any atom is 0.404 e. The Morgan fingerprint density at radius 3 is 2.63 bits per heavy atom. The normalized spacial score (nSPS) is 23.4. The molecule has 1 atom stereocenters. The molecule has 1 unspecified atom stereocenters. The maximum atomic E-state index is 13.1. The van der Waals surface area contributed by atoms with Crippen LogP contribution in [0.1, 0.15) is 6.42 Å². The summed E-state index contributed by atoms with van der Waals surface area (Å²) < 4.78 is 39.2. The number of carbonyl (C=O) groups excluding carboxylic acids is 1. The predicted molar refractivity (Wildman–Crippen MR) is 61.6 cm³/mol. The third-order valence-electron chi connectivity index (χ3n) is 3.01. The van der Waals surface area contributed by atoms with Crippen molar-refractivity contribution in [3.05, 3.63) is 17.3 Å². The number of nitrogens with one attached hydrogen (secondary N) is 2. The fourth-order valence-electron chi connectivity index (χ4n) is 1.88. The number of halogens is 4. The highest BCUT2D eigenvalue weighted by atomic mass is 35.5. The SMILES string of the molecule is O=C(Nc1ccc(Cl)nn1)C1(C(F)(F)F)CCNC1. The van der Waals surface area contributed by atoms with E-state index in [2.05, 4.69) is 20.8 Å². The summed E-state index contributed by atoms with van der Waals surface area (Å²) in [6.45, 7) is -0.303. The molecule has 2 rings (SSSR count). The van der Waals surface area contributed by atoms with Crippen LogP contribution in [-0.2, 0) is 4.79 Å². The first-order valence-corrected chi connectivity index (χ1v) is 5.81. The van der Waals surface area contributed by atoms with Gasteiger partial charge < -0.3 is 10.6 Å². The minimum Gasteiger partial charge on any atom is -0.315 e. The van der Waals surface area contributed by atoms with E-state index in [1.54, 1.807) is 0 Å². The van der Waals surface area contributed by atoms with Crippen LogP contribution in [0.15, 0.2) is 12.1 Å². The van der Waals surface area contributed by atoms with Crippen molar-refractivity contribution in [2.24, 2.45) is 5.41 Å². The number of carbonyl (C=O) groups is 1. The van der Waals surface area contributed by atoms with E-state index in [9.17, 15) is 18.0 Å². The van der Waals surface area contributed by atoms with Gasteiger partial charge in [-0.15, -0.1) is 10.2 Å². The molecule has 1 aromatic heterocycles. The fourth-order valence-corrected chi connectivity index (χ4v) is 1.98. The van der Waals surface area contributed by atoms with Gasteiger partial charge in [-0.05, 0) is 25.1 Å². The molecule has 0 aromatic carbocycles. The van der Waals surface area contributed by atoms with Gasteiger partial charge >= 0.3 is 6.18 Å². The van der Waals surface area contributed by atoms with Crippen molar-refractivity contribution in [1.82, 2.24) is 15.5 Å². The summed E-state index contributed by atoms with van der Waals surface area (Å²) in [5, 5.41) is 11.7. The van der Waals surface area contributed by atoms with Gasteiger partial charge in [-0.1, -0.05) is 11.6 Å². The van der Waals surface area contributed by atoms with E-state index >= 15 is 0 Å². The molecule has 1 fully saturated rings. The van der Waals surface area contributed by atoms with E-state index in [-0.39, 0.29) is 23.9 Å². The Morgan fingerprint density at radius 2 is 2.16 bits per heavy atom. The molecule has 1 aromatic rings. The Hall–Kier alpha value is -1.41. The van der Waals surface area contributed by atoms with Crippen LogP contribution in [0.3, 0.4) is 0 Å². The van der Waals surface area contributed by atoms with Crippen molar-refractivity contribution in [1.29, 1.82) is 0 Å². The maximum absolute atomic E-state index is 13.1. The molecule has 2 N–H and O–H groups in total. The zero-order chi connectivity index (χ0) is 14.1. The van der Waals surface area contributed by atoms with Gasteiger partial charge in [-0.3, -0.25) is 4.79 Å². The highest BCUT2D eigenvalue weighted by Gasteiger charge is 2.61. The average molecular weight is 295 g/mol. The molecule has 0 bridgehead atoms. The standard InChI is InChI=1S/C10H10ClF3N4O/c11-6-1-2-7(18-17-6)16-8(19)9(10(12,13)14)3-4-15-5-9/h1-2,15H,3-5H2,(H,16,18,19). The first-order chi connectivity index (χ1) is 8.85. The lowest BCUT2D eigenvalue weighted by Crippen LogP contribution is -2.49. The van der Waals surface area contributed by atoms with E-state index in [4.69, 9.17) is 11.6 Å². The molecule has 0 saturated carbocycles. The zero-order valence-corrected chi connectivity index (χ0v) is 10.3. The predicted octanol–water partition coefficient (Wildman–Crippen LogP) is 1.61. The topological polar surface area (TPSA) is 66.9 Å². The number of rotatable bonds is 2. The molecule has 5 nitrogen and oxygen atoms in total. The van der Waals surface area contributed by atoms with E-state index in [0.29, 0.717) is 0 Å². The van der Waals surface area contributed by atoms with Gasteiger partial charge in [0, 0.05) is 6.54 Å². The van der Waals surface area contributed by atoms with Gasteiger partial charge in [-0.2, -0.15) is 13.2 Å². The number of anilines is 1. The Kier molecular flexibility index (Phi) is 3.64. The smallest absolute Gasteiger partial charge is 0.315 e. The minimum absolute atomic E-state index is 0.0649. The van der Waals surface area contributed by atoms with E-state index in [1.807, 2.05) is 0 Å². The number of nitrogens with zero attached hydrogens (tertiary/aromatic N) is 2. The molecule has 1 amide bonds. The summed E-state index contributed by atoms with van der Waals surface area (Å²) in [4.78, 5) is 11.9. The molecule has 1 aliphatic heterocycles. The molecule has 1 aliphatic rings.